The van der Waals surface area contributed by atoms with Crippen LogP contribution in [0.5, 0.6) is 0 Å². The third-order valence-corrected chi connectivity index (χ3v) is 2.75. The van der Waals surface area contributed by atoms with Crippen molar-refractivity contribution in [2.24, 2.45) is 5.73 Å². The fraction of sp³-hybridized carbons (Fsp3) is 0. The lowest BCUT2D eigenvalue weighted by Crippen LogP contribution is -2.31. The van der Waals surface area contributed by atoms with Crippen LogP contribution in [0, 0.1) is 5.82 Å². The Balaban J connectivity index is 2.27. The van der Waals surface area contributed by atoms with Gasteiger partial charge in [-0.3, -0.25) is 9.59 Å². The third kappa shape index (κ3) is 3.76. The molecule has 21 heavy (non-hydrogen) atoms. The molecule has 2 aromatic rings. The lowest BCUT2D eigenvalue weighted by molar-refractivity contribution is -0.114. The van der Waals surface area contributed by atoms with Crippen LogP contribution in [0.25, 0.3) is 6.08 Å². The summed E-state index contributed by atoms with van der Waals surface area (Å²) in [4.78, 5) is 23.4. The molecule has 2 rings (SSSR count). The summed E-state index contributed by atoms with van der Waals surface area (Å²) in [6, 6.07) is 14.2. The Kier molecular flexibility index (Phi) is 4.46. The SMILES string of the molecule is NC(=O)/C(=C/c1ccccc1F)NC(=O)c1ccccc1. The summed E-state index contributed by atoms with van der Waals surface area (Å²) < 4.78 is 13.6. The maximum absolute atomic E-state index is 13.6. The highest BCUT2D eigenvalue weighted by Gasteiger charge is 2.12. The van der Waals surface area contributed by atoms with Gasteiger partial charge in [-0.25, -0.2) is 4.39 Å². The van der Waals surface area contributed by atoms with Crippen molar-refractivity contribution in [1.29, 1.82) is 0 Å². The van der Waals surface area contributed by atoms with Gasteiger partial charge in [0.1, 0.15) is 11.5 Å². The van der Waals surface area contributed by atoms with Crippen LogP contribution in [-0.4, -0.2) is 11.8 Å². The summed E-state index contributed by atoms with van der Waals surface area (Å²) in [5.74, 6) is -1.84. The second-order valence-corrected chi connectivity index (χ2v) is 4.26. The van der Waals surface area contributed by atoms with Crippen LogP contribution in [0.2, 0.25) is 0 Å². The minimum absolute atomic E-state index is 0.166. The van der Waals surface area contributed by atoms with Gasteiger partial charge in [0.2, 0.25) is 0 Å². The molecule has 0 radical (unpaired) electrons. The van der Waals surface area contributed by atoms with Crippen LogP contribution in [-0.2, 0) is 4.79 Å². The highest BCUT2D eigenvalue weighted by Crippen LogP contribution is 2.11. The molecule has 2 aromatic carbocycles. The lowest BCUT2D eigenvalue weighted by atomic mass is 10.1. The van der Waals surface area contributed by atoms with E-state index in [4.69, 9.17) is 5.73 Å². The third-order valence-electron chi connectivity index (χ3n) is 2.75. The summed E-state index contributed by atoms with van der Waals surface area (Å²) >= 11 is 0. The van der Waals surface area contributed by atoms with Gasteiger partial charge in [0.15, 0.2) is 0 Å². The number of carbonyl (C=O) groups excluding carboxylic acids is 2. The van der Waals surface area contributed by atoms with Crippen LogP contribution in [0.4, 0.5) is 4.39 Å². The number of nitrogens with one attached hydrogen (secondary N) is 1. The maximum atomic E-state index is 13.6. The number of hydrogen-bond donors (Lipinski definition) is 2. The van der Waals surface area contributed by atoms with E-state index in [2.05, 4.69) is 5.32 Å². The predicted octanol–water partition coefficient (Wildman–Crippen LogP) is 2.08. The molecule has 0 atom stereocenters. The van der Waals surface area contributed by atoms with Gasteiger partial charge in [-0.2, -0.15) is 0 Å². The van der Waals surface area contributed by atoms with Gasteiger partial charge >= 0.3 is 0 Å². The lowest BCUT2D eigenvalue weighted by Gasteiger charge is -2.07. The van der Waals surface area contributed by atoms with E-state index in [1.807, 2.05) is 0 Å². The molecule has 0 unspecified atom stereocenters. The van der Waals surface area contributed by atoms with Gasteiger partial charge in [0, 0.05) is 11.1 Å². The van der Waals surface area contributed by atoms with E-state index < -0.39 is 17.6 Å². The molecule has 0 bridgehead atoms. The number of rotatable bonds is 4. The Morgan fingerprint density at radius 3 is 2.24 bits per heavy atom. The van der Waals surface area contributed by atoms with E-state index in [-0.39, 0.29) is 11.3 Å². The zero-order valence-corrected chi connectivity index (χ0v) is 11.0. The average molecular weight is 284 g/mol. The zero-order valence-electron chi connectivity index (χ0n) is 11.0. The molecule has 0 spiro atoms. The van der Waals surface area contributed by atoms with Crippen LogP contribution < -0.4 is 11.1 Å². The molecule has 2 amide bonds. The molecule has 0 saturated heterocycles. The molecular weight excluding hydrogens is 271 g/mol. The zero-order chi connectivity index (χ0) is 15.2. The summed E-state index contributed by atoms with van der Waals surface area (Å²) in [5.41, 5.74) is 5.58. The first-order valence-corrected chi connectivity index (χ1v) is 6.20. The minimum atomic E-state index is -0.845. The van der Waals surface area contributed by atoms with Crippen molar-refractivity contribution in [2.75, 3.05) is 0 Å². The quantitative estimate of drug-likeness (QED) is 0.844. The molecule has 106 valence electrons. The van der Waals surface area contributed by atoms with Crippen LogP contribution in [0.1, 0.15) is 15.9 Å². The number of carbonyl (C=O) groups is 2. The predicted molar refractivity (Wildman–Crippen MR) is 77.5 cm³/mol. The van der Waals surface area contributed by atoms with E-state index in [1.165, 1.54) is 24.3 Å². The van der Waals surface area contributed by atoms with Gasteiger partial charge in [-0.15, -0.1) is 0 Å². The Labute approximate surface area is 121 Å². The van der Waals surface area contributed by atoms with Gasteiger partial charge in [0.05, 0.1) is 0 Å². The summed E-state index contributed by atoms with van der Waals surface area (Å²) in [5, 5.41) is 2.39. The summed E-state index contributed by atoms with van der Waals surface area (Å²) in [6.07, 6.45) is 1.21. The molecule has 0 aromatic heterocycles. The van der Waals surface area contributed by atoms with Crippen molar-refractivity contribution in [1.82, 2.24) is 5.32 Å². The Hall–Kier alpha value is -2.95. The largest absolute Gasteiger partial charge is 0.364 e. The first kappa shape index (κ1) is 14.5. The number of nitrogens with two attached hydrogens (primary N) is 1. The van der Waals surface area contributed by atoms with E-state index >= 15 is 0 Å². The fourth-order valence-corrected chi connectivity index (χ4v) is 1.70. The molecule has 5 heteroatoms. The highest BCUT2D eigenvalue weighted by molar-refractivity contribution is 6.04. The highest BCUT2D eigenvalue weighted by atomic mass is 19.1. The smallest absolute Gasteiger partial charge is 0.265 e. The summed E-state index contributed by atoms with van der Waals surface area (Å²) in [7, 11) is 0. The van der Waals surface area contributed by atoms with E-state index in [9.17, 15) is 14.0 Å². The standard InChI is InChI=1S/C16H13FN2O2/c17-13-9-5-4-8-12(13)10-14(15(18)20)19-16(21)11-6-2-1-3-7-11/h1-10H,(H2,18,20)(H,19,21)/b14-10-. The van der Waals surface area contributed by atoms with Gasteiger partial charge in [0.25, 0.3) is 11.8 Å². The normalized spacial score (nSPS) is 11.0. The number of hydrogen-bond acceptors (Lipinski definition) is 2. The number of amides is 2. The average Bonchev–Trinajstić information content (AvgIpc) is 2.49. The minimum Gasteiger partial charge on any atom is -0.364 e. The summed E-state index contributed by atoms with van der Waals surface area (Å²) in [6.45, 7) is 0. The topological polar surface area (TPSA) is 72.2 Å². The Morgan fingerprint density at radius 2 is 1.62 bits per heavy atom. The van der Waals surface area contributed by atoms with Gasteiger partial charge in [-0.05, 0) is 24.3 Å². The van der Waals surface area contributed by atoms with E-state index in [0.717, 1.165) is 0 Å². The molecule has 0 aliphatic rings. The molecular formula is C16H13FN2O2. The Bertz CT molecular complexity index is 696. The van der Waals surface area contributed by atoms with Gasteiger partial charge < -0.3 is 11.1 Å². The van der Waals surface area contributed by atoms with Crippen molar-refractivity contribution >= 4 is 17.9 Å². The van der Waals surface area contributed by atoms with Crippen molar-refractivity contribution in [3.8, 4) is 0 Å². The molecule has 4 nitrogen and oxygen atoms in total. The van der Waals surface area contributed by atoms with E-state index in [0.29, 0.717) is 5.56 Å². The molecule has 0 saturated carbocycles. The number of benzene rings is 2. The van der Waals surface area contributed by atoms with E-state index in [1.54, 1.807) is 36.4 Å². The number of halogens is 1. The second kappa shape index (κ2) is 6.47. The Morgan fingerprint density at radius 1 is 1.00 bits per heavy atom. The molecule has 0 fully saturated rings. The fourth-order valence-electron chi connectivity index (χ4n) is 1.70. The first-order valence-electron chi connectivity index (χ1n) is 6.20. The molecule has 0 aliphatic heterocycles. The molecule has 3 N–H and O–H groups in total. The van der Waals surface area contributed by atoms with Crippen LogP contribution in [0.3, 0.4) is 0 Å². The second-order valence-electron chi connectivity index (χ2n) is 4.26. The van der Waals surface area contributed by atoms with Crippen molar-refractivity contribution < 1.29 is 14.0 Å². The van der Waals surface area contributed by atoms with Crippen LogP contribution >= 0.6 is 0 Å². The van der Waals surface area contributed by atoms with Gasteiger partial charge in [-0.1, -0.05) is 36.4 Å². The number of primary amides is 1. The molecule has 0 aliphatic carbocycles. The van der Waals surface area contributed by atoms with Crippen molar-refractivity contribution in [3.05, 3.63) is 77.2 Å². The van der Waals surface area contributed by atoms with Crippen molar-refractivity contribution in [2.45, 2.75) is 0 Å². The van der Waals surface area contributed by atoms with Crippen LogP contribution in [0.15, 0.2) is 60.3 Å². The maximum Gasteiger partial charge on any atom is 0.265 e. The van der Waals surface area contributed by atoms with Crippen molar-refractivity contribution in [3.63, 3.8) is 0 Å². The monoisotopic (exact) mass is 284 g/mol. The first-order chi connectivity index (χ1) is 10.1. The molecule has 0 heterocycles.